The van der Waals surface area contributed by atoms with E-state index in [0.29, 0.717) is 6.01 Å². The van der Waals surface area contributed by atoms with E-state index in [1.807, 2.05) is 36.4 Å². The van der Waals surface area contributed by atoms with Gasteiger partial charge in [0.15, 0.2) is 5.58 Å². The minimum absolute atomic E-state index is 0.335. The predicted octanol–water partition coefficient (Wildman–Crippen LogP) is 2.27. The number of anilines is 1. The topological polar surface area (TPSA) is 64.1 Å². The lowest BCUT2D eigenvalue weighted by Crippen LogP contribution is -2.06. The van der Waals surface area contributed by atoms with Crippen LogP contribution in [0.25, 0.3) is 21.9 Å². The van der Waals surface area contributed by atoms with Crippen LogP contribution in [0.15, 0.2) is 40.8 Å². The zero-order valence-corrected chi connectivity index (χ0v) is 7.90. The minimum Gasteiger partial charge on any atom is -0.423 e. The molecule has 0 amide bonds. The number of benzene rings is 2. The molecule has 2 aromatic carbocycles. The maximum atomic E-state index is 5.38. The molecule has 0 bridgehead atoms. The fraction of sp³-hybridized carbons (Fsp3) is 0. The molecule has 0 unspecified atom stereocenters. The quantitative estimate of drug-likeness (QED) is 0.466. The average Bonchev–Trinajstić information content (AvgIpc) is 2.72. The largest absolute Gasteiger partial charge is 0.423 e. The summed E-state index contributed by atoms with van der Waals surface area (Å²) in [5.41, 5.74) is 3.98. The molecular weight excluding hydrogens is 190 g/mol. The van der Waals surface area contributed by atoms with Gasteiger partial charge in [-0.05, 0) is 11.5 Å². The smallest absolute Gasteiger partial charge is 0.310 e. The van der Waals surface area contributed by atoms with E-state index in [1.165, 1.54) is 0 Å². The molecule has 1 aromatic heterocycles. The Morgan fingerprint density at radius 3 is 2.87 bits per heavy atom. The first-order valence-corrected chi connectivity index (χ1v) is 4.63. The van der Waals surface area contributed by atoms with Crippen molar-refractivity contribution in [2.24, 2.45) is 5.84 Å². The maximum absolute atomic E-state index is 5.38. The molecule has 0 aliphatic carbocycles. The third-order valence-corrected chi connectivity index (χ3v) is 2.41. The molecule has 15 heavy (non-hydrogen) atoms. The summed E-state index contributed by atoms with van der Waals surface area (Å²) in [6.07, 6.45) is 0. The van der Waals surface area contributed by atoms with Gasteiger partial charge in [0.1, 0.15) is 5.52 Å². The third-order valence-electron chi connectivity index (χ3n) is 2.41. The van der Waals surface area contributed by atoms with E-state index < -0.39 is 0 Å². The number of fused-ring (bicyclic) bond motifs is 3. The van der Waals surface area contributed by atoms with Gasteiger partial charge in [0.05, 0.1) is 0 Å². The summed E-state index contributed by atoms with van der Waals surface area (Å²) in [6, 6.07) is 12.3. The second kappa shape index (κ2) is 2.96. The van der Waals surface area contributed by atoms with Crippen LogP contribution in [0.5, 0.6) is 0 Å². The van der Waals surface area contributed by atoms with Crippen LogP contribution in [-0.4, -0.2) is 4.98 Å². The summed E-state index contributed by atoms with van der Waals surface area (Å²) in [5, 5.41) is 2.21. The number of rotatable bonds is 1. The number of nitrogen functional groups attached to an aromatic ring is 1. The molecule has 0 aliphatic heterocycles. The molecule has 4 nitrogen and oxygen atoms in total. The molecule has 0 radical (unpaired) electrons. The Bertz CT molecular complexity index is 630. The van der Waals surface area contributed by atoms with Crippen molar-refractivity contribution in [3.05, 3.63) is 36.4 Å². The zero-order chi connectivity index (χ0) is 10.3. The van der Waals surface area contributed by atoms with Crippen LogP contribution in [-0.2, 0) is 0 Å². The number of aromatic nitrogens is 1. The van der Waals surface area contributed by atoms with Crippen LogP contribution in [0.4, 0.5) is 6.01 Å². The molecule has 3 N–H and O–H groups in total. The lowest BCUT2D eigenvalue weighted by molar-refractivity contribution is 0.617. The number of hydrogen-bond acceptors (Lipinski definition) is 4. The molecule has 3 rings (SSSR count). The van der Waals surface area contributed by atoms with Crippen LogP contribution in [0.2, 0.25) is 0 Å². The highest BCUT2D eigenvalue weighted by atomic mass is 16.4. The zero-order valence-electron chi connectivity index (χ0n) is 7.90. The number of hydrogen-bond donors (Lipinski definition) is 2. The molecule has 3 aromatic rings. The second-order valence-electron chi connectivity index (χ2n) is 3.30. The van der Waals surface area contributed by atoms with Crippen LogP contribution >= 0.6 is 0 Å². The summed E-state index contributed by atoms with van der Waals surface area (Å²) in [7, 11) is 0. The first-order chi connectivity index (χ1) is 7.38. The van der Waals surface area contributed by atoms with Gasteiger partial charge in [-0.25, -0.2) is 5.84 Å². The fourth-order valence-electron chi connectivity index (χ4n) is 1.72. The molecule has 0 saturated heterocycles. The Labute approximate surface area is 85.7 Å². The average molecular weight is 199 g/mol. The first kappa shape index (κ1) is 8.26. The molecule has 74 valence electrons. The Morgan fingerprint density at radius 2 is 2.00 bits per heavy atom. The standard InChI is InChI=1S/C11H9N3O/c12-14-11-13-10-8-4-2-1-3-7(8)5-6-9(10)15-11/h1-6H,12H2,(H,13,14). The van der Waals surface area contributed by atoms with Crippen molar-refractivity contribution >= 4 is 27.9 Å². The molecule has 0 aliphatic rings. The highest BCUT2D eigenvalue weighted by molar-refractivity contribution is 6.03. The van der Waals surface area contributed by atoms with E-state index in [-0.39, 0.29) is 0 Å². The summed E-state index contributed by atoms with van der Waals surface area (Å²) in [4.78, 5) is 4.26. The fourth-order valence-corrected chi connectivity index (χ4v) is 1.72. The summed E-state index contributed by atoms with van der Waals surface area (Å²) >= 11 is 0. The van der Waals surface area contributed by atoms with E-state index in [9.17, 15) is 0 Å². The van der Waals surface area contributed by atoms with Gasteiger partial charge >= 0.3 is 6.01 Å². The molecule has 0 atom stereocenters. The van der Waals surface area contributed by atoms with Gasteiger partial charge in [-0.1, -0.05) is 30.3 Å². The van der Waals surface area contributed by atoms with E-state index in [0.717, 1.165) is 21.9 Å². The van der Waals surface area contributed by atoms with Gasteiger partial charge in [0.25, 0.3) is 0 Å². The minimum atomic E-state index is 0.335. The SMILES string of the molecule is NNc1nc2c(ccc3ccccc32)o1. The Hall–Kier alpha value is -2.07. The summed E-state index contributed by atoms with van der Waals surface area (Å²) in [5.74, 6) is 5.25. The monoisotopic (exact) mass is 199 g/mol. The normalized spacial score (nSPS) is 11.0. The van der Waals surface area contributed by atoms with Gasteiger partial charge < -0.3 is 4.42 Å². The van der Waals surface area contributed by atoms with E-state index in [4.69, 9.17) is 10.3 Å². The lowest BCUT2D eigenvalue weighted by Gasteiger charge is -1.95. The van der Waals surface area contributed by atoms with Crippen molar-refractivity contribution in [2.45, 2.75) is 0 Å². The predicted molar refractivity (Wildman–Crippen MR) is 59.3 cm³/mol. The van der Waals surface area contributed by atoms with Gasteiger partial charge in [-0.15, -0.1) is 0 Å². The summed E-state index contributed by atoms with van der Waals surface area (Å²) < 4.78 is 5.38. The van der Waals surface area contributed by atoms with Gasteiger partial charge in [0.2, 0.25) is 0 Å². The van der Waals surface area contributed by atoms with Crippen LogP contribution in [0.3, 0.4) is 0 Å². The molecule has 0 saturated carbocycles. The Balaban J connectivity index is 2.47. The lowest BCUT2D eigenvalue weighted by atomic mass is 10.1. The van der Waals surface area contributed by atoms with Crippen LogP contribution < -0.4 is 11.3 Å². The Kier molecular flexibility index (Phi) is 1.63. The van der Waals surface area contributed by atoms with Crippen molar-refractivity contribution in [3.8, 4) is 0 Å². The highest BCUT2D eigenvalue weighted by Crippen LogP contribution is 2.26. The van der Waals surface area contributed by atoms with Crippen molar-refractivity contribution in [1.82, 2.24) is 4.98 Å². The van der Waals surface area contributed by atoms with E-state index in [1.54, 1.807) is 0 Å². The number of oxazole rings is 1. The van der Waals surface area contributed by atoms with Gasteiger partial charge in [-0.2, -0.15) is 4.98 Å². The third kappa shape index (κ3) is 1.15. The number of hydrazine groups is 1. The molecule has 0 spiro atoms. The molecular formula is C11H9N3O. The molecule has 4 heteroatoms. The van der Waals surface area contributed by atoms with Crippen LogP contribution in [0.1, 0.15) is 0 Å². The highest BCUT2D eigenvalue weighted by Gasteiger charge is 2.07. The summed E-state index contributed by atoms with van der Waals surface area (Å²) in [6.45, 7) is 0. The Morgan fingerprint density at radius 1 is 1.13 bits per heavy atom. The number of nitrogens with one attached hydrogen (secondary N) is 1. The van der Waals surface area contributed by atoms with Gasteiger partial charge in [-0.3, -0.25) is 5.43 Å². The maximum Gasteiger partial charge on any atom is 0.310 e. The van der Waals surface area contributed by atoms with Crippen molar-refractivity contribution in [1.29, 1.82) is 0 Å². The van der Waals surface area contributed by atoms with E-state index in [2.05, 4.69) is 10.4 Å². The molecule has 1 heterocycles. The van der Waals surface area contributed by atoms with Crippen molar-refractivity contribution in [3.63, 3.8) is 0 Å². The first-order valence-electron chi connectivity index (χ1n) is 4.63. The molecule has 0 fully saturated rings. The van der Waals surface area contributed by atoms with Crippen molar-refractivity contribution < 1.29 is 4.42 Å². The van der Waals surface area contributed by atoms with E-state index >= 15 is 0 Å². The van der Waals surface area contributed by atoms with Crippen LogP contribution in [0, 0.1) is 0 Å². The van der Waals surface area contributed by atoms with Gasteiger partial charge in [0, 0.05) is 5.39 Å². The second-order valence-corrected chi connectivity index (χ2v) is 3.30. The number of nitrogens with zero attached hydrogens (tertiary/aromatic N) is 1. The van der Waals surface area contributed by atoms with Crippen molar-refractivity contribution in [2.75, 3.05) is 5.43 Å². The number of nitrogens with two attached hydrogens (primary N) is 1.